The van der Waals surface area contributed by atoms with E-state index in [0.717, 1.165) is 11.3 Å². The fourth-order valence-electron chi connectivity index (χ4n) is 4.59. The van der Waals surface area contributed by atoms with E-state index in [1.165, 1.54) is 6.07 Å². The normalized spacial score (nSPS) is 15.9. The maximum absolute atomic E-state index is 14.4. The number of carbonyl (C=O) groups excluding carboxylic acids is 2. The molecule has 1 saturated heterocycles. The van der Waals surface area contributed by atoms with E-state index in [1.807, 2.05) is 26.8 Å². The Morgan fingerprint density at radius 1 is 1.14 bits per heavy atom. The lowest BCUT2D eigenvalue weighted by Crippen LogP contribution is -2.50. The number of nitrogens with one attached hydrogen (secondary N) is 1. The Hall–Kier alpha value is -3.89. The van der Waals surface area contributed by atoms with Gasteiger partial charge >= 0.3 is 12.1 Å². The number of benzene rings is 1. The van der Waals surface area contributed by atoms with E-state index in [4.69, 9.17) is 9.15 Å². The summed E-state index contributed by atoms with van der Waals surface area (Å²) in [6, 6.07) is 4.33. The largest absolute Gasteiger partial charge is 0.444 e. The molecule has 5 rings (SSSR count). The fourth-order valence-corrected chi connectivity index (χ4v) is 4.59. The summed E-state index contributed by atoms with van der Waals surface area (Å²) in [7, 11) is 0. The van der Waals surface area contributed by atoms with Crippen molar-refractivity contribution >= 4 is 40.4 Å². The van der Waals surface area contributed by atoms with Crippen LogP contribution in [0.2, 0.25) is 0 Å². The number of fused-ring (bicyclic) bond motifs is 2. The van der Waals surface area contributed by atoms with Crippen molar-refractivity contribution in [1.82, 2.24) is 14.9 Å². The first-order valence-electron chi connectivity index (χ1n) is 11.9. The van der Waals surface area contributed by atoms with Crippen LogP contribution in [0.4, 0.5) is 31.2 Å². The Morgan fingerprint density at radius 2 is 1.89 bits per heavy atom. The Labute approximate surface area is 208 Å². The van der Waals surface area contributed by atoms with E-state index in [0.29, 0.717) is 50.9 Å². The summed E-state index contributed by atoms with van der Waals surface area (Å²) < 4.78 is 25.3. The Balaban J connectivity index is 1.28. The highest BCUT2D eigenvalue weighted by molar-refractivity contribution is 6.03. The molecule has 4 heterocycles. The van der Waals surface area contributed by atoms with Gasteiger partial charge in [0, 0.05) is 68.8 Å². The molecule has 190 valence electrons. The van der Waals surface area contributed by atoms with Crippen LogP contribution in [-0.2, 0) is 11.2 Å². The van der Waals surface area contributed by atoms with E-state index in [9.17, 15) is 14.0 Å². The zero-order valence-electron chi connectivity index (χ0n) is 20.8. The minimum absolute atomic E-state index is 0.134. The smallest absolute Gasteiger partial charge is 0.410 e. The molecule has 11 heteroatoms. The lowest BCUT2D eigenvalue weighted by molar-refractivity contribution is 0.0240. The molecular formula is C25H29FN6O4. The lowest BCUT2D eigenvalue weighted by atomic mass is 10.1. The number of aryl methyl sites for hydroxylation is 1. The quantitative estimate of drug-likeness (QED) is 0.563. The van der Waals surface area contributed by atoms with Crippen molar-refractivity contribution in [2.75, 3.05) is 47.8 Å². The molecule has 2 aliphatic heterocycles. The molecule has 0 aliphatic carbocycles. The van der Waals surface area contributed by atoms with Gasteiger partial charge in [-0.05, 0) is 39.3 Å². The molecule has 1 fully saturated rings. The predicted molar refractivity (Wildman–Crippen MR) is 133 cm³/mol. The molecule has 0 radical (unpaired) electrons. The highest BCUT2D eigenvalue weighted by Gasteiger charge is 2.32. The summed E-state index contributed by atoms with van der Waals surface area (Å²) in [4.78, 5) is 39.4. The number of rotatable bonds is 2. The maximum Gasteiger partial charge on any atom is 0.410 e. The minimum atomic E-state index is -0.563. The summed E-state index contributed by atoms with van der Waals surface area (Å²) >= 11 is 0. The molecule has 0 bridgehead atoms. The van der Waals surface area contributed by atoms with Gasteiger partial charge in [-0.1, -0.05) is 0 Å². The van der Waals surface area contributed by atoms with Gasteiger partial charge in [0.1, 0.15) is 16.9 Å². The number of hydrogen-bond donors (Lipinski definition) is 1. The number of pyridine rings is 1. The summed E-state index contributed by atoms with van der Waals surface area (Å²) in [5.41, 5.74) is 2.14. The standard InChI is InChI=1S/C25H29FN6O4/c1-15-28-21-18(26)13-16(14-20(21)35-15)29-23(33)32-8-6-17-19(5-7-27-22(17)32)30-9-11-31(12-10-30)24(34)36-25(2,3)4/h5,7,13-14H,6,8-12H2,1-4H3,(H,29,33). The number of aromatic nitrogens is 2. The van der Waals surface area contributed by atoms with Gasteiger partial charge in [-0.3, -0.25) is 4.90 Å². The van der Waals surface area contributed by atoms with Crippen LogP contribution in [0.15, 0.2) is 28.8 Å². The van der Waals surface area contributed by atoms with E-state index in [-0.39, 0.29) is 22.9 Å². The van der Waals surface area contributed by atoms with Crippen LogP contribution in [-0.4, -0.2) is 65.3 Å². The summed E-state index contributed by atoms with van der Waals surface area (Å²) in [6.45, 7) is 10.1. The van der Waals surface area contributed by atoms with Crippen molar-refractivity contribution < 1.29 is 23.1 Å². The lowest BCUT2D eigenvalue weighted by Gasteiger charge is -2.37. The zero-order chi connectivity index (χ0) is 25.6. The molecule has 2 aliphatic rings. The molecule has 1 N–H and O–H groups in total. The SMILES string of the molecule is Cc1nc2c(F)cc(NC(=O)N3CCc4c(N5CCN(C(=O)OC(C)(C)C)CC5)ccnc43)cc2o1. The molecule has 2 aromatic heterocycles. The Morgan fingerprint density at radius 3 is 2.61 bits per heavy atom. The number of piperazine rings is 1. The molecule has 36 heavy (non-hydrogen) atoms. The van der Waals surface area contributed by atoms with Gasteiger partial charge in [-0.2, -0.15) is 0 Å². The van der Waals surface area contributed by atoms with Crippen LogP contribution >= 0.6 is 0 Å². The minimum Gasteiger partial charge on any atom is -0.444 e. The second kappa shape index (κ2) is 8.96. The van der Waals surface area contributed by atoms with Crippen LogP contribution in [0.3, 0.4) is 0 Å². The molecule has 0 unspecified atom stereocenters. The van der Waals surface area contributed by atoms with E-state index in [1.54, 1.807) is 29.0 Å². The van der Waals surface area contributed by atoms with E-state index in [2.05, 4.69) is 20.2 Å². The fraction of sp³-hybridized carbons (Fsp3) is 0.440. The molecular weight excluding hydrogens is 467 g/mol. The number of oxazole rings is 1. The first-order valence-corrected chi connectivity index (χ1v) is 11.9. The van der Waals surface area contributed by atoms with E-state index >= 15 is 0 Å². The average molecular weight is 497 g/mol. The third-order valence-electron chi connectivity index (χ3n) is 6.17. The number of halogens is 1. The number of anilines is 3. The molecule has 0 saturated carbocycles. The highest BCUT2D eigenvalue weighted by atomic mass is 19.1. The highest BCUT2D eigenvalue weighted by Crippen LogP contribution is 2.35. The van der Waals surface area contributed by atoms with Crippen LogP contribution in [0.25, 0.3) is 11.1 Å². The van der Waals surface area contributed by atoms with Crippen LogP contribution in [0.1, 0.15) is 32.2 Å². The number of amides is 3. The molecule has 10 nitrogen and oxygen atoms in total. The predicted octanol–water partition coefficient (Wildman–Crippen LogP) is 4.32. The van der Waals surface area contributed by atoms with Crippen molar-refractivity contribution in [2.24, 2.45) is 0 Å². The van der Waals surface area contributed by atoms with Crippen molar-refractivity contribution in [3.63, 3.8) is 0 Å². The first kappa shape index (κ1) is 23.8. The molecule has 0 atom stereocenters. The van der Waals surface area contributed by atoms with Crippen LogP contribution in [0, 0.1) is 12.7 Å². The van der Waals surface area contributed by atoms with Gasteiger partial charge in [0.2, 0.25) is 0 Å². The van der Waals surface area contributed by atoms with Crippen molar-refractivity contribution in [2.45, 2.75) is 39.7 Å². The third-order valence-corrected chi connectivity index (χ3v) is 6.17. The summed E-state index contributed by atoms with van der Waals surface area (Å²) in [6.07, 6.45) is 2.02. The molecule has 3 amide bonds. The van der Waals surface area contributed by atoms with Gasteiger partial charge in [0.05, 0.1) is 0 Å². The van der Waals surface area contributed by atoms with Gasteiger partial charge in [-0.15, -0.1) is 0 Å². The van der Waals surface area contributed by atoms with Crippen LogP contribution < -0.4 is 15.1 Å². The average Bonchev–Trinajstić information content (AvgIpc) is 3.41. The number of ether oxygens (including phenoxy) is 1. The Bertz CT molecular complexity index is 1330. The topological polar surface area (TPSA) is 104 Å². The van der Waals surface area contributed by atoms with Gasteiger partial charge in [0.15, 0.2) is 17.3 Å². The third kappa shape index (κ3) is 4.65. The number of urea groups is 1. The van der Waals surface area contributed by atoms with Gasteiger partial charge in [-0.25, -0.2) is 23.9 Å². The molecule has 1 aromatic carbocycles. The van der Waals surface area contributed by atoms with Crippen molar-refractivity contribution in [1.29, 1.82) is 0 Å². The van der Waals surface area contributed by atoms with Crippen molar-refractivity contribution in [3.8, 4) is 0 Å². The number of carbonyl (C=O) groups is 2. The molecule has 0 spiro atoms. The Kier molecular flexibility index (Phi) is 5.93. The van der Waals surface area contributed by atoms with Gasteiger partial charge < -0.3 is 24.3 Å². The molecule has 3 aromatic rings. The second-order valence-electron chi connectivity index (χ2n) is 9.96. The number of nitrogens with zero attached hydrogens (tertiary/aromatic N) is 5. The summed E-state index contributed by atoms with van der Waals surface area (Å²) in [5.74, 6) is 0.369. The second-order valence-corrected chi connectivity index (χ2v) is 9.96. The first-order chi connectivity index (χ1) is 17.1. The zero-order valence-corrected chi connectivity index (χ0v) is 20.8. The van der Waals surface area contributed by atoms with Gasteiger partial charge in [0.25, 0.3) is 0 Å². The maximum atomic E-state index is 14.4. The van der Waals surface area contributed by atoms with Crippen LogP contribution in [0.5, 0.6) is 0 Å². The number of hydrogen-bond acceptors (Lipinski definition) is 7. The van der Waals surface area contributed by atoms with Crippen molar-refractivity contribution in [3.05, 3.63) is 41.7 Å². The monoisotopic (exact) mass is 496 g/mol. The summed E-state index contributed by atoms with van der Waals surface area (Å²) in [5, 5.41) is 2.75. The van der Waals surface area contributed by atoms with E-state index < -0.39 is 17.4 Å².